The molecular formula is C17H24O3. The van der Waals surface area contributed by atoms with Gasteiger partial charge in [0.05, 0.1) is 13.7 Å². The van der Waals surface area contributed by atoms with Gasteiger partial charge in [-0.05, 0) is 36.1 Å². The van der Waals surface area contributed by atoms with Gasteiger partial charge in [-0.25, -0.2) is 0 Å². The maximum Gasteiger partial charge on any atom is 0.119 e. The number of aliphatic hydroxyl groups is 1. The number of benzene rings is 1. The summed E-state index contributed by atoms with van der Waals surface area (Å²) in [5.41, 5.74) is 1.87. The van der Waals surface area contributed by atoms with Crippen LogP contribution in [0.2, 0.25) is 0 Å². The van der Waals surface area contributed by atoms with Crippen LogP contribution in [0.15, 0.2) is 18.2 Å². The molecule has 3 heteroatoms. The lowest BCUT2D eigenvalue weighted by molar-refractivity contribution is 0.0891. The molecule has 0 spiro atoms. The SMILES string of the molecule is CCCC(C)COCc1cc(OC)ccc1C#CCO. The van der Waals surface area contributed by atoms with E-state index in [9.17, 15) is 0 Å². The molecule has 0 aliphatic rings. The van der Waals surface area contributed by atoms with Gasteiger partial charge in [0.1, 0.15) is 12.4 Å². The van der Waals surface area contributed by atoms with Gasteiger partial charge in [0.15, 0.2) is 0 Å². The van der Waals surface area contributed by atoms with Crippen molar-refractivity contribution in [2.45, 2.75) is 33.3 Å². The predicted molar refractivity (Wildman–Crippen MR) is 80.7 cm³/mol. The second-order valence-corrected chi connectivity index (χ2v) is 4.89. The van der Waals surface area contributed by atoms with Crippen LogP contribution in [0.5, 0.6) is 5.75 Å². The molecule has 1 unspecified atom stereocenters. The Morgan fingerprint density at radius 1 is 1.35 bits per heavy atom. The highest BCUT2D eigenvalue weighted by Gasteiger charge is 2.05. The minimum absolute atomic E-state index is 0.139. The molecule has 0 bridgehead atoms. The molecule has 3 nitrogen and oxygen atoms in total. The first-order valence-electron chi connectivity index (χ1n) is 7.05. The predicted octanol–water partition coefficient (Wildman–Crippen LogP) is 2.99. The van der Waals surface area contributed by atoms with Gasteiger partial charge < -0.3 is 14.6 Å². The van der Waals surface area contributed by atoms with Crippen LogP contribution in [0, 0.1) is 17.8 Å². The van der Waals surface area contributed by atoms with E-state index in [1.807, 2.05) is 18.2 Å². The van der Waals surface area contributed by atoms with E-state index in [2.05, 4.69) is 25.7 Å². The lowest BCUT2D eigenvalue weighted by Gasteiger charge is -2.12. The Bertz CT molecular complexity index is 457. The minimum Gasteiger partial charge on any atom is -0.497 e. The van der Waals surface area contributed by atoms with E-state index in [1.165, 1.54) is 12.8 Å². The summed E-state index contributed by atoms with van der Waals surface area (Å²) >= 11 is 0. The summed E-state index contributed by atoms with van der Waals surface area (Å²) in [6.07, 6.45) is 2.35. The molecule has 0 saturated heterocycles. The molecule has 1 aromatic carbocycles. The van der Waals surface area contributed by atoms with E-state index < -0.39 is 0 Å². The van der Waals surface area contributed by atoms with Crippen molar-refractivity contribution in [3.05, 3.63) is 29.3 Å². The second kappa shape index (κ2) is 9.41. The van der Waals surface area contributed by atoms with E-state index in [0.29, 0.717) is 12.5 Å². The van der Waals surface area contributed by atoms with Crippen LogP contribution in [0.1, 0.15) is 37.8 Å². The molecule has 110 valence electrons. The standard InChI is InChI=1S/C17H24O3/c1-4-6-14(2)12-20-13-16-11-17(19-3)9-8-15(16)7-5-10-18/h8-9,11,14,18H,4,6,10,12-13H2,1-3H3. The van der Waals surface area contributed by atoms with Crippen molar-refractivity contribution in [3.63, 3.8) is 0 Å². The molecule has 0 saturated carbocycles. The van der Waals surface area contributed by atoms with Crippen molar-refractivity contribution in [1.82, 2.24) is 0 Å². The number of aliphatic hydroxyl groups excluding tert-OH is 1. The van der Waals surface area contributed by atoms with Crippen molar-refractivity contribution < 1.29 is 14.6 Å². The third-order valence-corrected chi connectivity index (χ3v) is 3.06. The fourth-order valence-corrected chi connectivity index (χ4v) is 2.02. The lowest BCUT2D eigenvalue weighted by atomic mass is 10.1. The summed E-state index contributed by atoms with van der Waals surface area (Å²) in [6.45, 7) is 5.50. The third kappa shape index (κ3) is 5.64. The number of hydrogen-bond donors (Lipinski definition) is 1. The largest absolute Gasteiger partial charge is 0.497 e. The summed E-state index contributed by atoms with van der Waals surface area (Å²) in [7, 11) is 1.64. The van der Waals surface area contributed by atoms with Crippen LogP contribution in [0.3, 0.4) is 0 Å². The molecule has 1 aromatic rings. The Morgan fingerprint density at radius 3 is 2.80 bits per heavy atom. The van der Waals surface area contributed by atoms with Crippen molar-refractivity contribution in [2.75, 3.05) is 20.3 Å². The second-order valence-electron chi connectivity index (χ2n) is 4.89. The normalized spacial score (nSPS) is 11.6. The topological polar surface area (TPSA) is 38.7 Å². The van der Waals surface area contributed by atoms with Crippen molar-refractivity contribution >= 4 is 0 Å². The fraction of sp³-hybridized carbons (Fsp3) is 0.529. The van der Waals surface area contributed by atoms with Crippen LogP contribution in [-0.4, -0.2) is 25.4 Å². The molecule has 0 aliphatic carbocycles. The summed E-state index contributed by atoms with van der Waals surface area (Å²) in [4.78, 5) is 0. The fourth-order valence-electron chi connectivity index (χ4n) is 2.02. The molecule has 1 rings (SSSR count). The van der Waals surface area contributed by atoms with E-state index in [-0.39, 0.29) is 6.61 Å². The van der Waals surface area contributed by atoms with Crippen LogP contribution >= 0.6 is 0 Å². The van der Waals surface area contributed by atoms with E-state index in [4.69, 9.17) is 14.6 Å². The number of ether oxygens (including phenoxy) is 2. The number of methoxy groups -OCH3 is 1. The minimum atomic E-state index is -0.139. The molecule has 0 aliphatic heterocycles. The average Bonchev–Trinajstić information content (AvgIpc) is 2.46. The first-order valence-corrected chi connectivity index (χ1v) is 7.05. The smallest absolute Gasteiger partial charge is 0.119 e. The zero-order valence-electron chi connectivity index (χ0n) is 12.6. The highest BCUT2D eigenvalue weighted by atomic mass is 16.5. The maximum atomic E-state index is 8.80. The maximum absolute atomic E-state index is 8.80. The molecule has 0 heterocycles. The highest BCUT2D eigenvalue weighted by molar-refractivity contribution is 5.45. The molecule has 0 fully saturated rings. The first kappa shape index (κ1) is 16.6. The van der Waals surface area contributed by atoms with Crippen molar-refractivity contribution in [2.24, 2.45) is 5.92 Å². The summed E-state index contributed by atoms with van der Waals surface area (Å²) in [5, 5.41) is 8.80. The molecule has 0 amide bonds. The summed E-state index contributed by atoms with van der Waals surface area (Å²) < 4.78 is 11.0. The molecule has 1 N–H and O–H groups in total. The molecule has 0 aromatic heterocycles. The zero-order valence-corrected chi connectivity index (χ0v) is 12.6. The lowest BCUT2D eigenvalue weighted by Crippen LogP contribution is -2.06. The zero-order chi connectivity index (χ0) is 14.8. The van der Waals surface area contributed by atoms with Gasteiger partial charge in [-0.1, -0.05) is 32.1 Å². The van der Waals surface area contributed by atoms with Gasteiger partial charge >= 0.3 is 0 Å². The van der Waals surface area contributed by atoms with Gasteiger partial charge in [-0.3, -0.25) is 0 Å². The van der Waals surface area contributed by atoms with Crippen LogP contribution < -0.4 is 4.74 Å². The summed E-state index contributed by atoms with van der Waals surface area (Å²) in [5.74, 6) is 6.97. The Hall–Kier alpha value is -1.50. The number of hydrogen-bond acceptors (Lipinski definition) is 3. The molecular weight excluding hydrogens is 252 g/mol. The molecule has 1 atom stereocenters. The van der Waals surface area contributed by atoms with Gasteiger partial charge in [0.25, 0.3) is 0 Å². The van der Waals surface area contributed by atoms with E-state index in [0.717, 1.165) is 23.5 Å². The number of rotatable bonds is 7. The van der Waals surface area contributed by atoms with Gasteiger partial charge in [-0.2, -0.15) is 0 Å². The van der Waals surface area contributed by atoms with Crippen molar-refractivity contribution in [1.29, 1.82) is 0 Å². The van der Waals surface area contributed by atoms with Crippen LogP contribution in [0.25, 0.3) is 0 Å². The van der Waals surface area contributed by atoms with Gasteiger partial charge in [0, 0.05) is 12.2 Å². The monoisotopic (exact) mass is 276 g/mol. The highest BCUT2D eigenvalue weighted by Crippen LogP contribution is 2.18. The van der Waals surface area contributed by atoms with E-state index >= 15 is 0 Å². The average molecular weight is 276 g/mol. The van der Waals surface area contributed by atoms with Gasteiger partial charge in [0.2, 0.25) is 0 Å². The van der Waals surface area contributed by atoms with E-state index in [1.54, 1.807) is 7.11 Å². The Labute approximate surface area is 121 Å². The Morgan fingerprint density at radius 2 is 2.15 bits per heavy atom. The van der Waals surface area contributed by atoms with Crippen LogP contribution in [-0.2, 0) is 11.3 Å². The quantitative estimate of drug-likeness (QED) is 0.778. The molecule has 20 heavy (non-hydrogen) atoms. The Kier molecular flexibility index (Phi) is 7.79. The molecule has 0 radical (unpaired) electrons. The Balaban J connectivity index is 2.70. The third-order valence-electron chi connectivity index (χ3n) is 3.06. The van der Waals surface area contributed by atoms with Crippen LogP contribution in [0.4, 0.5) is 0 Å². The van der Waals surface area contributed by atoms with Crippen molar-refractivity contribution in [3.8, 4) is 17.6 Å². The first-order chi connectivity index (χ1) is 9.71. The van der Waals surface area contributed by atoms with Gasteiger partial charge in [-0.15, -0.1) is 0 Å². The summed E-state index contributed by atoms with van der Waals surface area (Å²) in [6, 6.07) is 5.70.